The van der Waals surface area contributed by atoms with Crippen LogP contribution in [-0.2, 0) is 21.1 Å². The molecule has 5 nitrogen and oxygen atoms in total. The van der Waals surface area contributed by atoms with Gasteiger partial charge < -0.3 is 9.30 Å². The zero-order valence-corrected chi connectivity index (χ0v) is 11.8. The lowest BCUT2D eigenvalue weighted by molar-refractivity contribution is 0.187. The molecule has 0 spiro atoms. The Morgan fingerprint density at radius 2 is 2.17 bits per heavy atom. The molecule has 0 saturated carbocycles. The highest BCUT2D eigenvalue weighted by molar-refractivity contribution is 7.90. The average molecular weight is 286 g/mol. The highest BCUT2D eigenvalue weighted by Crippen LogP contribution is 2.21. The van der Waals surface area contributed by atoms with Gasteiger partial charge in [-0.2, -0.15) is 0 Å². The van der Waals surface area contributed by atoms with Crippen molar-refractivity contribution in [3.63, 3.8) is 0 Å². The van der Waals surface area contributed by atoms with E-state index in [0.717, 1.165) is 10.2 Å². The Labute approximate surface area is 109 Å². The Bertz CT molecular complexity index is 728. The monoisotopic (exact) mass is 286 g/mol. The lowest BCUT2D eigenvalue weighted by Gasteiger charge is -2.04. The standard InChI is InChI=1S/C11H14N2O3S2/c1-16-6-5-13-9-4-3-8(18(2,14)15)7-10(9)17-11(13)12/h3-4,7,12H,5-6H2,1-2H3. The van der Waals surface area contributed by atoms with Crippen LogP contribution >= 0.6 is 11.3 Å². The number of methoxy groups -OCH3 is 1. The Morgan fingerprint density at radius 3 is 2.78 bits per heavy atom. The van der Waals surface area contributed by atoms with Crippen molar-refractivity contribution in [3.8, 4) is 0 Å². The molecule has 0 amide bonds. The predicted octanol–water partition coefficient (Wildman–Crippen LogP) is 1.23. The zero-order valence-electron chi connectivity index (χ0n) is 10.1. The molecule has 1 aromatic heterocycles. The number of hydrogen-bond acceptors (Lipinski definition) is 5. The van der Waals surface area contributed by atoms with Gasteiger partial charge in [0.1, 0.15) is 0 Å². The van der Waals surface area contributed by atoms with E-state index < -0.39 is 9.84 Å². The van der Waals surface area contributed by atoms with Gasteiger partial charge in [-0.1, -0.05) is 11.3 Å². The molecule has 18 heavy (non-hydrogen) atoms. The second kappa shape index (κ2) is 4.83. The van der Waals surface area contributed by atoms with E-state index in [1.807, 2.05) is 4.57 Å². The Kier molecular flexibility index (Phi) is 3.56. The number of sulfone groups is 1. The molecule has 0 saturated heterocycles. The summed E-state index contributed by atoms with van der Waals surface area (Å²) in [5.41, 5.74) is 0.870. The minimum atomic E-state index is -3.20. The lowest BCUT2D eigenvalue weighted by atomic mass is 10.3. The van der Waals surface area contributed by atoms with Gasteiger partial charge in [-0.15, -0.1) is 0 Å². The highest BCUT2D eigenvalue weighted by atomic mass is 32.2. The van der Waals surface area contributed by atoms with E-state index in [9.17, 15) is 8.42 Å². The highest BCUT2D eigenvalue weighted by Gasteiger charge is 2.11. The Hall–Kier alpha value is -1.18. The van der Waals surface area contributed by atoms with E-state index in [-0.39, 0.29) is 4.90 Å². The summed E-state index contributed by atoms with van der Waals surface area (Å²) < 4.78 is 30.6. The number of fused-ring (bicyclic) bond motifs is 1. The van der Waals surface area contributed by atoms with Crippen LogP contribution in [0.25, 0.3) is 10.2 Å². The van der Waals surface area contributed by atoms with E-state index in [1.165, 1.54) is 17.6 Å². The fraction of sp³-hybridized carbons (Fsp3) is 0.364. The largest absolute Gasteiger partial charge is 0.383 e. The molecule has 2 rings (SSSR count). The maximum absolute atomic E-state index is 11.5. The molecule has 98 valence electrons. The van der Waals surface area contributed by atoms with E-state index in [0.29, 0.717) is 18.0 Å². The van der Waals surface area contributed by atoms with Gasteiger partial charge in [0.15, 0.2) is 14.6 Å². The van der Waals surface area contributed by atoms with Gasteiger partial charge in [-0.3, -0.25) is 5.41 Å². The van der Waals surface area contributed by atoms with Gasteiger partial charge in [-0.05, 0) is 18.2 Å². The molecule has 1 aromatic carbocycles. The minimum Gasteiger partial charge on any atom is -0.383 e. The number of hydrogen-bond donors (Lipinski definition) is 1. The third-order valence-corrected chi connectivity index (χ3v) is 4.69. The SMILES string of the molecule is COCCn1c(=N)sc2cc(S(C)(=O)=O)ccc21. The fourth-order valence-electron chi connectivity index (χ4n) is 1.70. The third kappa shape index (κ3) is 2.47. The van der Waals surface area contributed by atoms with Crippen LogP contribution in [0.4, 0.5) is 0 Å². The molecule has 2 aromatic rings. The number of aromatic nitrogens is 1. The molecular formula is C11H14N2O3S2. The zero-order chi connectivity index (χ0) is 13.3. The number of nitrogens with zero attached hydrogens (tertiary/aromatic N) is 1. The summed E-state index contributed by atoms with van der Waals surface area (Å²) in [5.74, 6) is 0. The first-order valence-electron chi connectivity index (χ1n) is 5.30. The third-order valence-electron chi connectivity index (χ3n) is 2.62. The second-order valence-electron chi connectivity index (χ2n) is 3.95. The summed E-state index contributed by atoms with van der Waals surface area (Å²) in [6, 6.07) is 4.94. The Morgan fingerprint density at radius 1 is 1.44 bits per heavy atom. The van der Waals surface area contributed by atoms with Crippen LogP contribution in [0, 0.1) is 5.41 Å². The summed E-state index contributed by atoms with van der Waals surface area (Å²) in [5, 5.41) is 7.88. The summed E-state index contributed by atoms with van der Waals surface area (Å²) in [6.07, 6.45) is 1.18. The van der Waals surface area contributed by atoms with E-state index in [1.54, 1.807) is 25.3 Å². The van der Waals surface area contributed by atoms with Crippen LogP contribution in [0.3, 0.4) is 0 Å². The summed E-state index contributed by atoms with van der Waals surface area (Å²) in [4.78, 5) is 0.683. The van der Waals surface area contributed by atoms with Crippen LogP contribution in [0.15, 0.2) is 23.1 Å². The van der Waals surface area contributed by atoms with Crippen molar-refractivity contribution >= 4 is 31.4 Å². The number of thiazole rings is 1. The van der Waals surface area contributed by atoms with Crippen molar-refractivity contribution in [2.24, 2.45) is 0 Å². The van der Waals surface area contributed by atoms with Crippen molar-refractivity contribution in [1.29, 1.82) is 5.41 Å². The minimum absolute atomic E-state index is 0.287. The average Bonchev–Trinajstić information content (AvgIpc) is 2.60. The summed E-state index contributed by atoms with van der Waals surface area (Å²) >= 11 is 1.27. The number of nitrogens with one attached hydrogen (secondary N) is 1. The molecule has 0 aliphatic rings. The van der Waals surface area contributed by atoms with Crippen LogP contribution < -0.4 is 4.80 Å². The molecule has 0 aliphatic heterocycles. The maximum atomic E-state index is 11.5. The van der Waals surface area contributed by atoms with E-state index in [2.05, 4.69) is 0 Å². The fourth-order valence-corrected chi connectivity index (χ4v) is 3.40. The molecule has 0 atom stereocenters. The first-order valence-corrected chi connectivity index (χ1v) is 8.01. The molecule has 0 unspecified atom stereocenters. The van der Waals surface area contributed by atoms with Gasteiger partial charge in [0.05, 0.1) is 21.7 Å². The van der Waals surface area contributed by atoms with Crippen molar-refractivity contribution < 1.29 is 13.2 Å². The van der Waals surface area contributed by atoms with Crippen molar-refractivity contribution in [2.45, 2.75) is 11.4 Å². The Balaban J connectivity index is 2.58. The quantitative estimate of drug-likeness (QED) is 0.919. The molecule has 7 heteroatoms. The molecule has 0 aliphatic carbocycles. The molecule has 0 bridgehead atoms. The maximum Gasteiger partial charge on any atom is 0.182 e. The first kappa shape index (κ1) is 13.3. The molecular weight excluding hydrogens is 272 g/mol. The molecule has 1 heterocycles. The van der Waals surface area contributed by atoms with Gasteiger partial charge in [0.2, 0.25) is 0 Å². The number of ether oxygens (including phenoxy) is 1. The first-order chi connectivity index (χ1) is 8.43. The van der Waals surface area contributed by atoms with Gasteiger partial charge in [0, 0.05) is 19.9 Å². The summed E-state index contributed by atoms with van der Waals surface area (Å²) in [7, 11) is -1.59. The lowest BCUT2D eigenvalue weighted by Crippen LogP contribution is -2.15. The van der Waals surface area contributed by atoms with E-state index in [4.69, 9.17) is 10.1 Å². The van der Waals surface area contributed by atoms with Crippen LogP contribution in [0.5, 0.6) is 0 Å². The topological polar surface area (TPSA) is 72.2 Å². The van der Waals surface area contributed by atoms with Crippen LogP contribution in [0.1, 0.15) is 0 Å². The molecule has 1 N–H and O–H groups in total. The van der Waals surface area contributed by atoms with Crippen LogP contribution in [-0.4, -0.2) is 33.0 Å². The normalized spacial score (nSPS) is 12.1. The van der Waals surface area contributed by atoms with Crippen molar-refractivity contribution in [3.05, 3.63) is 23.0 Å². The second-order valence-corrected chi connectivity index (χ2v) is 7.00. The smallest absolute Gasteiger partial charge is 0.182 e. The number of benzene rings is 1. The predicted molar refractivity (Wildman–Crippen MR) is 70.7 cm³/mol. The summed E-state index contributed by atoms with van der Waals surface area (Å²) in [6.45, 7) is 1.11. The van der Waals surface area contributed by atoms with Crippen LogP contribution in [0.2, 0.25) is 0 Å². The molecule has 0 fully saturated rings. The van der Waals surface area contributed by atoms with Gasteiger partial charge in [-0.25, -0.2) is 8.42 Å². The van der Waals surface area contributed by atoms with Gasteiger partial charge in [0.25, 0.3) is 0 Å². The van der Waals surface area contributed by atoms with Crippen molar-refractivity contribution in [2.75, 3.05) is 20.0 Å². The van der Waals surface area contributed by atoms with E-state index >= 15 is 0 Å². The molecule has 0 radical (unpaired) electrons. The van der Waals surface area contributed by atoms with Gasteiger partial charge >= 0.3 is 0 Å². The number of rotatable bonds is 4. The van der Waals surface area contributed by atoms with Crippen molar-refractivity contribution in [1.82, 2.24) is 4.57 Å².